The Balaban J connectivity index is 1.48. The molecule has 5 nitrogen and oxygen atoms in total. The van der Waals surface area contributed by atoms with Crippen LogP contribution in [0.25, 0.3) is 0 Å². The summed E-state index contributed by atoms with van der Waals surface area (Å²) in [6, 6.07) is 1.85. The van der Waals surface area contributed by atoms with Gasteiger partial charge in [-0.05, 0) is 49.1 Å². The van der Waals surface area contributed by atoms with Crippen LogP contribution in [-0.2, 0) is 28.7 Å². The van der Waals surface area contributed by atoms with E-state index < -0.39 is 17.2 Å². The predicted octanol–water partition coefficient (Wildman–Crippen LogP) is 4.19. The fourth-order valence-electron chi connectivity index (χ4n) is 5.68. The van der Waals surface area contributed by atoms with Crippen molar-refractivity contribution in [3.63, 3.8) is 0 Å². The summed E-state index contributed by atoms with van der Waals surface area (Å²) in [4.78, 5) is 19.6. The van der Waals surface area contributed by atoms with Gasteiger partial charge in [0.15, 0.2) is 0 Å². The summed E-state index contributed by atoms with van der Waals surface area (Å²) in [5.74, 6) is 0.692. The number of carbonyl (C=O) groups excluding carboxylic acids is 1. The summed E-state index contributed by atoms with van der Waals surface area (Å²) in [6.45, 7) is 8.63. The number of halogens is 3. The number of nitrogens with zero attached hydrogens (tertiary/aromatic N) is 2. The highest BCUT2D eigenvalue weighted by atomic mass is 19.4. The Morgan fingerprint density at radius 1 is 1.34 bits per heavy atom. The maximum atomic E-state index is 13.8. The molecule has 4 rings (SSSR count). The second-order valence-corrected chi connectivity index (χ2v) is 10.2. The van der Waals surface area contributed by atoms with Crippen LogP contribution in [0.1, 0.15) is 63.3 Å². The normalized spacial score (nSPS) is 31.1. The molecule has 178 valence electrons. The third kappa shape index (κ3) is 4.53. The van der Waals surface area contributed by atoms with Crippen molar-refractivity contribution < 1.29 is 22.7 Å². The number of pyridine rings is 1. The molecule has 0 bridgehead atoms. The first-order valence-electron chi connectivity index (χ1n) is 11.8. The summed E-state index contributed by atoms with van der Waals surface area (Å²) in [5.41, 5.74) is -0.0412. The molecule has 1 aromatic rings. The summed E-state index contributed by atoms with van der Waals surface area (Å²) in [5, 5.41) is 3.79. The Hall–Kier alpha value is -1.67. The first-order valence-corrected chi connectivity index (χ1v) is 11.8. The summed E-state index contributed by atoms with van der Waals surface area (Å²) in [7, 11) is 0. The number of fused-ring (bicyclic) bond motifs is 1. The van der Waals surface area contributed by atoms with Gasteiger partial charge in [0.05, 0.1) is 17.6 Å². The fourth-order valence-corrected chi connectivity index (χ4v) is 5.68. The quantitative estimate of drug-likeness (QED) is 0.743. The molecule has 1 aliphatic carbocycles. The Bertz CT molecular complexity index is 844. The molecule has 0 unspecified atom stereocenters. The highest BCUT2D eigenvalue weighted by Crippen LogP contribution is 2.47. The van der Waals surface area contributed by atoms with Gasteiger partial charge in [-0.15, -0.1) is 0 Å². The van der Waals surface area contributed by atoms with E-state index >= 15 is 0 Å². The number of hydrogen-bond donors (Lipinski definition) is 1. The largest absolute Gasteiger partial charge is 0.417 e. The average molecular weight is 454 g/mol. The second-order valence-electron chi connectivity index (χ2n) is 10.2. The lowest BCUT2D eigenvalue weighted by Gasteiger charge is -2.40. The van der Waals surface area contributed by atoms with E-state index in [0.29, 0.717) is 36.2 Å². The molecule has 2 fully saturated rings. The van der Waals surface area contributed by atoms with Crippen molar-refractivity contribution in [1.82, 2.24) is 15.2 Å². The third-order valence-electron chi connectivity index (χ3n) is 7.83. The topological polar surface area (TPSA) is 54.5 Å². The molecule has 3 heterocycles. The monoisotopic (exact) mass is 453 g/mol. The highest BCUT2D eigenvalue weighted by Gasteiger charge is 2.50. The molecular weight excluding hydrogens is 419 g/mol. The summed E-state index contributed by atoms with van der Waals surface area (Å²) >= 11 is 0. The molecule has 1 saturated carbocycles. The Morgan fingerprint density at radius 2 is 2.12 bits per heavy atom. The molecule has 0 aromatic carbocycles. The van der Waals surface area contributed by atoms with Gasteiger partial charge < -0.3 is 15.0 Å². The molecule has 32 heavy (non-hydrogen) atoms. The van der Waals surface area contributed by atoms with Crippen LogP contribution < -0.4 is 5.32 Å². The van der Waals surface area contributed by atoms with Gasteiger partial charge in [0, 0.05) is 50.1 Å². The molecule has 1 aromatic heterocycles. The first-order chi connectivity index (χ1) is 15.1. The molecule has 1 N–H and O–H groups in total. The number of nitrogens with one attached hydrogen (secondary N) is 1. The van der Waals surface area contributed by atoms with E-state index in [1.807, 2.05) is 0 Å². The standard InChI is InChI=1S/C24H34F3N3O2/c1-15(2)23(7-4-19(11-23)29-20-6-9-32-14-16(20)3)22(31)30-8-5-21-17(13-30)10-18(12-28-21)24(25,26)27/h10,12,15-16,19-20,29H,4-9,11,13-14H2,1-3H3/t16-,19-,20-,23+/m1/s1. The van der Waals surface area contributed by atoms with Gasteiger partial charge >= 0.3 is 6.18 Å². The van der Waals surface area contributed by atoms with Gasteiger partial charge in [-0.3, -0.25) is 9.78 Å². The van der Waals surface area contributed by atoms with Crippen molar-refractivity contribution in [2.45, 2.75) is 77.7 Å². The van der Waals surface area contributed by atoms with Crippen LogP contribution in [-0.4, -0.2) is 47.6 Å². The molecular formula is C24H34F3N3O2. The summed E-state index contributed by atoms with van der Waals surface area (Å²) < 4.78 is 45.0. The van der Waals surface area contributed by atoms with Crippen molar-refractivity contribution in [2.24, 2.45) is 17.3 Å². The average Bonchev–Trinajstić information content (AvgIpc) is 3.19. The number of aromatic nitrogens is 1. The van der Waals surface area contributed by atoms with Crippen molar-refractivity contribution in [2.75, 3.05) is 19.8 Å². The molecule has 2 aliphatic heterocycles. The van der Waals surface area contributed by atoms with Crippen molar-refractivity contribution >= 4 is 5.91 Å². The van der Waals surface area contributed by atoms with Gasteiger partial charge in [-0.25, -0.2) is 0 Å². The zero-order valence-corrected chi connectivity index (χ0v) is 19.2. The third-order valence-corrected chi connectivity index (χ3v) is 7.83. The van der Waals surface area contributed by atoms with Crippen LogP contribution in [0.5, 0.6) is 0 Å². The van der Waals surface area contributed by atoms with E-state index in [1.165, 1.54) is 0 Å². The lowest BCUT2D eigenvalue weighted by atomic mass is 9.74. The van der Waals surface area contributed by atoms with Crippen molar-refractivity contribution in [3.8, 4) is 0 Å². The predicted molar refractivity (Wildman–Crippen MR) is 115 cm³/mol. The molecule has 1 saturated heterocycles. The molecule has 0 radical (unpaired) electrons. The number of amides is 1. The number of carbonyl (C=O) groups is 1. The van der Waals surface area contributed by atoms with Gasteiger partial charge in [0.1, 0.15) is 0 Å². The zero-order valence-electron chi connectivity index (χ0n) is 19.2. The molecule has 0 spiro atoms. The number of rotatable bonds is 4. The fraction of sp³-hybridized carbons (Fsp3) is 0.750. The van der Waals surface area contributed by atoms with E-state index in [-0.39, 0.29) is 24.4 Å². The van der Waals surface area contributed by atoms with Gasteiger partial charge in [0.25, 0.3) is 0 Å². The van der Waals surface area contributed by atoms with Gasteiger partial charge in [0.2, 0.25) is 5.91 Å². The van der Waals surface area contributed by atoms with E-state index in [2.05, 4.69) is 31.1 Å². The van der Waals surface area contributed by atoms with E-state index in [1.54, 1.807) is 4.90 Å². The molecule has 4 atom stereocenters. The molecule has 8 heteroatoms. The highest BCUT2D eigenvalue weighted by molar-refractivity contribution is 5.83. The SMILES string of the molecule is CC(C)[C@]1(C(=O)N2CCc3ncc(C(F)(F)F)cc3C2)CC[C@@H](N[C@@H]2CCOC[C@H]2C)C1. The number of alkyl halides is 3. The smallest absolute Gasteiger partial charge is 0.381 e. The number of ether oxygens (including phenoxy) is 1. The minimum Gasteiger partial charge on any atom is -0.381 e. The molecule has 1 amide bonds. The van der Waals surface area contributed by atoms with Gasteiger partial charge in [-0.1, -0.05) is 20.8 Å². The van der Waals surface area contributed by atoms with E-state index in [0.717, 1.165) is 51.2 Å². The number of hydrogen-bond acceptors (Lipinski definition) is 4. The van der Waals surface area contributed by atoms with E-state index in [9.17, 15) is 18.0 Å². The maximum absolute atomic E-state index is 13.8. The first kappa shape index (κ1) is 23.5. The minimum absolute atomic E-state index is 0.0832. The van der Waals surface area contributed by atoms with Crippen LogP contribution in [0, 0.1) is 17.3 Å². The van der Waals surface area contributed by atoms with Crippen molar-refractivity contribution in [3.05, 3.63) is 29.1 Å². The maximum Gasteiger partial charge on any atom is 0.417 e. The Morgan fingerprint density at radius 3 is 2.81 bits per heavy atom. The lowest BCUT2D eigenvalue weighted by molar-refractivity contribution is -0.146. The van der Waals surface area contributed by atoms with Crippen LogP contribution in [0.3, 0.4) is 0 Å². The van der Waals surface area contributed by atoms with E-state index in [4.69, 9.17) is 4.74 Å². The zero-order chi connectivity index (χ0) is 23.1. The molecule has 3 aliphatic rings. The van der Waals surface area contributed by atoms with Gasteiger partial charge in [-0.2, -0.15) is 13.2 Å². The lowest BCUT2D eigenvalue weighted by Crippen LogP contribution is -2.49. The van der Waals surface area contributed by atoms with Crippen LogP contribution in [0.2, 0.25) is 0 Å². The van der Waals surface area contributed by atoms with Crippen LogP contribution in [0.15, 0.2) is 12.3 Å². The van der Waals surface area contributed by atoms with Crippen LogP contribution >= 0.6 is 0 Å². The van der Waals surface area contributed by atoms with Crippen molar-refractivity contribution in [1.29, 1.82) is 0 Å². The Kier molecular flexibility index (Phi) is 6.56. The Labute approximate surface area is 188 Å². The summed E-state index contributed by atoms with van der Waals surface area (Å²) in [6.07, 6.45) is 0.473. The van der Waals surface area contributed by atoms with Crippen LogP contribution in [0.4, 0.5) is 13.2 Å². The second kappa shape index (κ2) is 8.93. The minimum atomic E-state index is -4.43.